The molecule has 2 amide bonds. The highest BCUT2D eigenvalue weighted by Crippen LogP contribution is 2.45. The van der Waals surface area contributed by atoms with Gasteiger partial charge in [-0.1, -0.05) is 12.1 Å². The molecule has 1 aromatic heterocycles. The number of amides is 2. The summed E-state index contributed by atoms with van der Waals surface area (Å²) < 4.78 is 13.8. The zero-order valence-electron chi connectivity index (χ0n) is 15.8. The van der Waals surface area contributed by atoms with E-state index in [1.165, 1.54) is 12.1 Å². The Morgan fingerprint density at radius 3 is 2.79 bits per heavy atom. The molecule has 0 spiro atoms. The summed E-state index contributed by atoms with van der Waals surface area (Å²) in [7, 11) is 0. The van der Waals surface area contributed by atoms with E-state index in [-0.39, 0.29) is 35.5 Å². The minimum Gasteiger partial charge on any atom is -0.342 e. The minimum absolute atomic E-state index is 0.0100. The first-order chi connectivity index (χ1) is 13.5. The molecule has 4 rings (SSSR count). The highest BCUT2D eigenvalue weighted by Gasteiger charge is 2.49. The molecule has 3 heterocycles. The number of carbonyl (C=O) groups is 2. The summed E-state index contributed by atoms with van der Waals surface area (Å²) in [6, 6.07) is 6.27. The second kappa shape index (κ2) is 7.66. The fourth-order valence-corrected chi connectivity index (χ4v) is 4.54. The van der Waals surface area contributed by atoms with Gasteiger partial charge in [0.05, 0.1) is 11.7 Å². The van der Waals surface area contributed by atoms with Crippen LogP contribution in [0.1, 0.15) is 30.6 Å². The van der Waals surface area contributed by atoms with Gasteiger partial charge in [0.15, 0.2) is 0 Å². The molecule has 28 heavy (non-hydrogen) atoms. The van der Waals surface area contributed by atoms with Crippen molar-refractivity contribution in [3.8, 4) is 0 Å². The summed E-state index contributed by atoms with van der Waals surface area (Å²) in [4.78, 5) is 36.8. The van der Waals surface area contributed by atoms with Crippen LogP contribution in [0.4, 0.5) is 4.39 Å². The normalized spacial score (nSPS) is 23.7. The molecule has 2 saturated heterocycles. The Morgan fingerprint density at radius 2 is 2.07 bits per heavy atom. The molecule has 2 aromatic rings. The molecule has 0 radical (unpaired) electrons. The first kappa shape index (κ1) is 18.5. The fourth-order valence-electron chi connectivity index (χ4n) is 4.54. The maximum atomic E-state index is 13.8. The van der Waals surface area contributed by atoms with Crippen LogP contribution in [0.5, 0.6) is 0 Å². The third-order valence-electron chi connectivity index (χ3n) is 5.82. The number of hydrogen-bond donors (Lipinski definition) is 0. The van der Waals surface area contributed by atoms with Gasteiger partial charge in [0, 0.05) is 63.4 Å². The minimum atomic E-state index is -0.306. The number of aromatic nitrogens is 2. The predicted octanol–water partition coefficient (Wildman–Crippen LogP) is 2.23. The number of halogens is 1. The molecule has 7 heteroatoms. The van der Waals surface area contributed by atoms with Crippen LogP contribution in [0.15, 0.2) is 42.9 Å². The molecular formula is C21H23FN4O2. The maximum absolute atomic E-state index is 13.8. The van der Waals surface area contributed by atoms with Crippen LogP contribution >= 0.6 is 0 Å². The average molecular weight is 382 g/mol. The van der Waals surface area contributed by atoms with Crippen LogP contribution in [0.3, 0.4) is 0 Å². The Hall–Kier alpha value is -2.83. The van der Waals surface area contributed by atoms with E-state index >= 15 is 0 Å². The van der Waals surface area contributed by atoms with Gasteiger partial charge >= 0.3 is 0 Å². The molecular weight excluding hydrogens is 359 g/mol. The predicted molar refractivity (Wildman–Crippen MR) is 100 cm³/mol. The number of hydrogen-bond acceptors (Lipinski definition) is 4. The van der Waals surface area contributed by atoms with Gasteiger partial charge in [-0.3, -0.25) is 19.6 Å². The number of rotatable bonds is 4. The summed E-state index contributed by atoms with van der Waals surface area (Å²) in [6.45, 7) is 3.39. The molecule has 0 N–H and O–H groups in total. The van der Waals surface area contributed by atoms with Gasteiger partial charge in [0.1, 0.15) is 5.82 Å². The number of benzene rings is 1. The maximum Gasteiger partial charge on any atom is 0.222 e. The molecule has 0 unspecified atom stereocenters. The van der Waals surface area contributed by atoms with E-state index in [0.29, 0.717) is 32.5 Å². The van der Waals surface area contributed by atoms with Gasteiger partial charge < -0.3 is 9.80 Å². The Balaban J connectivity index is 1.47. The molecule has 2 aliphatic rings. The summed E-state index contributed by atoms with van der Waals surface area (Å²) >= 11 is 0. The highest BCUT2D eigenvalue weighted by molar-refractivity contribution is 5.77. The molecule has 2 fully saturated rings. The molecule has 2 aliphatic heterocycles. The van der Waals surface area contributed by atoms with Crippen molar-refractivity contribution in [1.82, 2.24) is 19.8 Å². The third kappa shape index (κ3) is 3.61. The van der Waals surface area contributed by atoms with Crippen molar-refractivity contribution in [2.75, 3.05) is 19.6 Å². The lowest BCUT2D eigenvalue weighted by molar-refractivity contribution is -0.131. The Labute approximate surface area is 163 Å². The van der Waals surface area contributed by atoms with Crippen LogP contribution in [0.2, 0.25) is 0 Å². The number of fused-ring (bicyclic) bond motifs is 1. The van der Waals surface area contributed by atoms with E-state index in [2.05, 4.69) is 9.97 Å². The smallest absolute Gasteiger partial charge is 0.222 e. The second-order valence-electron chi connectivity index (χ2n) is 7.59. The Kier molecular flexibility index (Phi) is 5.07. The molecule has 0 saturated carbocycles. The first-order valence-corrected chi connectivity index (χ1v) is 9.58. The van der Waals surface area contributed by atoms with Crippen molar-refractivity contribution in [3.63, 3.8) is 0 Å². The number of carbonyl (C=O) groups excluding carboxylic acids is 2. The van der Waals surface area contributed by atoms with Gasteiger partial charge in [0.25, 0.3) is 0 Å². The summed E-state index contributed by atoms with van der Waals surface area (Å²) in [6.07, 6.45) is 5.86. The molecule has 146 valence electrons. The Bertz CT molecular complexity index is 876. The monoisotopic (exact) mass is 382 g/mol. The lowest BCUT2D eigenvalue weighted by Gasteiger charge is -2.29. The van der Waals surface area contributed by atoms with E-state index in [1.54, 1.807) is 31.6 Å². The summed E-state index contributed by atoms with van der Waals surface area (Å²) in [5.41, 5.74) is 1.60. The van der Waals surface area contributed by atoms with Gasteiger partial charge in [-0.15, -0.1) is 0 Å². The zero-order valence-corrected chi connectivity index (χ0v) is 15.8. The fraction of sp³-hybridized carbons (Fsp3) is 0.429. The van der Waals surface area contributed by atoms with Gasteiger partial charge in [-0.25, -0.2) is 4.39 Å². The van der Waals surface area contributed by atoms with Crippen molar-refractivity contribution in [2.24, 2.45) is 11.8 Å². The second-order valence-corrected chi connectivity index (χ2v) is 7.59. The number of nitrogens with zero attached hydrogens (tertiary/aromatic N) is 4. The standard InChI is InChI=1S/C21H23FN4O2/c1-14(27)26-12-16-11-25(20(28)6-5-18-10-23-7-8-24-18)13-19(16)21(26)15-3-2-4-17(22)9-15/h2-4,7-10,16,19,21H,5-6,11-13H2,1H3/t16-,19-,21+/m1/s1. The van der Waals surface area contributed by atoms with Crippen LogP contribution in [0, 0.1) is 17.7 Å². The first-order valence-electron chi connectivity index (χ1n) is 9.58. The van der Waals surface area contributed by atoms with E-state index in [0.717, 1.165) is 11.3 Å². The van der Waals surface area contributed by atoms with Crippen LogP contribution < -0.4 is 0 Å². The topological polar surface area (TPSA) is 66.4 Å². The quantitative estimate of drug-likeness (QED) is 0.813. The van der Waals surface area contributed by atoms with E-state index in [1.807, 2.05) is 15.9 Å². The molecule has 3 atom stereocenters. The number of likely N-dealkylation sites (tertiary alicyclic amines) is 2. The molecule has 0 bridgehead atoms. The largest absolute Gasteiger partial charge is 0.342 e. The molecule has 0 aliphatic carbocycles. The SMILES string of the molecule is CC(=O)N1C[C@H]2CN(C(=O)CCc3cnccn3)C[C@H]2[C@@H]1c1cccc(F)c1. The van der Waals surface area contributed by atoms with Crippen molar-refractivity contribution < 1.29 is 14.0 Å². The van der Waals surface area contributed by atoms with E-state index in [4.69, 9.17) is 0 Å². The van der Waals surface area contributed by atoms with E-state index in [9.17, 15) is 14.0 Å². The van der Waals surface area contributed by atoms with Crippen LogP contribution in [-0.4, -0.2) is 51.2 Å². The van der Waals surface area contributed by atoms with Crippen LogP contribution in [-0.2, 0) is 16.0 Å². The average Bonchev–Trinajstić information content (AvgIpc) is 3.25. The van der Waals surface area contributed by atoms with Gasteiger partial charge in [-0.05, 0) is 24.1 Å². The summed E-state index contributed by atoms with van der Waals surface area (Å²) in [5, 5.41) is 0. The van der Waals surface area contributed by atoms with Crippen molar-refractivity contribution in [2.45, 2.75) is 25.8 Å². The zero-order chi connectivity index (χ0) is 19.7. The highest BCUT2D eigenvalue weighted by atomic mass is 19.1. The van der Waals surface area contributed by atoms with Crippen molar-refractivity contribution in [3.05, 3.63) is 59.9 Å². The lowest BCUT2D eigenvalue weighted by Crippen LogP contribution is -2.36. The van der Waals surface area contributed by atoms with Crippen LogP contribution in [0.25, 0.3) is 0 Å². The molecule has 6 nitrogen and oxygen atoms in total. The van der Waals surface area contributed by atoms with Gasteiger partial charge in [0.2, 0.25) is 11.8 Å². The lowest BCUT2D eigenvalue weighted by atomic mass is 9.89. The Morgan fingerprint density at radius 1 is 1.21 bits per heavy atom. The summed E-state index contributed by atoms with van der Waals surface area (Å²) in [5.74, 6) is 0.125. The molecule has 1 aromatic carbocycles. The van der Waals surface area contributed by atoms with Crippen molar-refractivity contribution in [1.29, 1.82) is 0 Å². The van der Waals surface area contributed by atoms with Crippen molar-refractivity contribution >= 4 is 11.8 Å². The van der Waals surface area contributed by atoms with E-state index < -0.39 is 0 Å². The third-order valence-corrected chi connectivity index (χ3v) is 5.82. The number of aryl methyl sites for hydroxylation is 1. The van der Waals surface area contributed by atoms with Gasteiger partial charge in [-0.2, -0.15) is 0 Å².